The van der Waals surface area contributed by atoms with Gasteiger partial charge in [-0.2, -0.15) is 0 Å². The van der Waals surface area contributed by atoms with Gasteiger partial charge in [-0.1, -0.05) is 30.5 Å². The Bertz CT molecular complexity index is 585. The highest BCUT2D eigenvalue weighted by atomic mass is 16.5. The number of morpholine rings is 1. The Hall–Kier alpha value is -1.88. The van der Waals surface area contributed by atoms with Crippen molar-refractivity contribution >= 4 is 11.8 Å². The van der Waals surface area contributed by atoms with E-state index < -0.39 is 0 Å². The largest absolute Gasteiger partial charge is 0.374 e. The average molecular weight is 316 g/mol. The van der Waals surface area contributed by atoms with Crippen molar-refractivity contribution in [2.45, 2.75) is 44.8 Å². The number of carbonyl (C=O) groups is 2. The summed E-state index contributed by atoms with van der Waals surface area (Å²) in [6.45, 7) is 3.22. The number of fused-ring (bicyclic) bond motifs is 1. The van der Waals surface area contributed by atoms with E-state index in [1.165, 1.54) is 6.42 Å². The molecule has 1 aliphatic carbocycles. The summed E-state index contributed by atoms with van der Waals surface area (Å²) in [5.41, 5.74) is 1.62. The number of ether oxygens (including phenoxy) is 1. The molecular formula is C18H24N2O3. The van der Waals surface area contributed by atoms with E-state index >= 15 is 0 Å². The van der Waals surface area contributed by atoms with Gasteiger partial charge in [0.1, 0.15) is 0 Å². The van der Waals surface area contributed by atoms with Crippen LogP contribution < -0.4 is 5.32 Å². The predicted octanol–water partition coefficient (Wildman–Crippen LogP) is 1.89. The monoisotopic (exact) mass is 316 g/mol. The van der Waals surface area contributed by atoms with Crippen molar-refractivity contribution in [1.29, 1.82) is 0 Å². The normalized spacial score (nSPS) is 24.0. The number of amides is 2. The molecule has 1 saturated heterocycles. The lowest BCUT2D eigenvalue weighted by atomic mass is 9.90. The van der Waals surface area contributed by atoms with E-state index in [0.717, 1.165) is 24.8 Å². The summed E-state index contributed by atoms with van der Waals surface area (Å²) < 4.78 is 5.79. The van der Waals surface area contributed by atoms with Crippen molar-refractivity contribution in [3.05, 3.63) is 35.4 Å². The molecule has 2 fully saturated rings. The van der Waals surface area contributed by atoms with Gasteiger partial charge in [0.25, 0.3) is 5.91 Å². The van der Waals surface area contributed by atoms with Crippen LogP contribution >= 0.6 is 0 Å². The van der Waals surface area contributed by atoms with Gasteiger partial charge >= 0.3 is 0 Å². The maximum atomic E-state index is 12.5. The van der Waals surface area contributed by atoms with Gasteiger partial charge < -0.3 is 15.0 Å². The van der Waals surface area contributed by atoms with Crippen molar-refractivity contribution in [3.8, 4) is 0 Å². The SMILES string of the molecule is Cc1cccc(C(=O)NCC(=O)N2CCO[C@H]3CCCC[C@@H]32)c1. The molecule has 1 aliphatic heterocycles. The van der Waals surface area contributed by atoms with E-state index in [2.05, 4.69) is 5.32 Å². The summed E-state index contributed by atoms with van der Waals surface area (Å²) in [6, 6.07) is 7.56. The zero-order valence-corrected chi connectivity index (χ0v) is 13.6. The van der Waals surface area contributed by atoms with Gasteiger partial charge in [0.2, 0.25) is 5.91 Å². The molecule has 2 amide bonds. The number of hydrogen-bond acceptors (Lipinski definition) is 3. The van der Waals surface area contributed by atoms with Crippen LogP contribution in [0, 0.1) is 6.92 Å². The Morgan fingerprint density at radius 1 is 1.30 bits per heavy atom. The molecule has 0 unspecified atom stereocenters. The maximum absolute atomic E-state index is 12.5. The minimum absolute atomic E-state index is 0.00815. The van der Waals surface area contributed by atoms with Crippen LogP contribution in [-0.2, 0) is 9.53 Å². The number of nitrogens with zero attached hydrogens (tertiary/aromatic N) is 1. The van der Waals surface area contributed by atoms with E-state index in [1.54, 1.807) is 6.07 Å². The van der Waals surface area contributed by atoms with Crippen LogP contribution in [0.2, 0.25) is 0 Å². The van der Waals surface area contributed by atoms with Crippen LogP contribution in [0.1, 0.15) is 41.6 Å². The van der Waals surface area contributed by atoms with Crippen molar-refractivity contribution in [2.75, 3.05) is 19.7 Å². The Morgan fingerprint density at radius 2 is 2.13 bits per heavy atom. The molecule has 1 heterocycles. The van der Waals surface area contributed by atoms with E-state index in [0.29, 0.717) is 18.7 Å². The van der Waals surface area contributed by atoms with Gasteiger partial charge in [-0.15, -0.1) is 0 Å². The molecule has 0 spiro atoms. The highest BCUT2D eigenvalue weighted by Gasteiger charge is 2.36. The minimum Gasteiger partial charge on any atom is -0.374 e. The van der Waals surface area contributed by atoms with Gasteiger partial charge in [0.05, 0.1) is 25.3 Å². The Morgan fingerprint density at radius 3 is 2.96 bits per heavy atom. The van der Waals surface area contributed by atoms with Crippen LogP contribution in [-0.4, -0.2) is 48.6 Å². The summed E-state index contributed by atoms with van der Waals surface area (Å²) in [5.74, 6) is -0.207. The second-order valence-corrected chi connectivity index (χ2v) is 6.40. The summed E-state index contributed by atoms with van der Waals surface area (Å²) >= 11 is 0. The molecule has 5 nitrogen and oxygen atoms in total. The maximum Gasteiger partial charge on any atom is 0.251 e. The molecule has 3 rings (SSSR count). The van der Waals surface area contributed by atoms with E-state index in [4.69, 9.17) is 4.74 Å². The Labute approximate surface area is 137 Å². The Balaban J connectivity index is 1.57. The van der Waals surface area contributed by atoms with Crippen LogP contribution in [0.15, 0.2) is 24.3 Å². The fourth-order valence-corrected chi connectivity index (χ4v) is 3.55. The van der Waals surface area contributed by atoms with Gasteiger partial charge in [-0.05, 0) is 31.9 Å². The van der Waals surface area contributed by atoms with Gasteiger partial charge in [-0.3, -0.25) is 9.59 Å². The molecule has 1 aromatic rings. The molecule has 0 bridgehead atoms. The standard InChI is InChI=1S/C18H24N2O3/c1-13-5-4-6-14(11-13)18(22)19-12-17(21)20-9-10-23-16-8-3-2-7-15(16)20/h4-6,11,15-16H,2-3,7-10,12H2,1H3,(H,19,22)/t15-,16-/m0/s1. The van der Waals surface area contributed by atoms with E-state index in [9.17, 15) is 9.59 Å². The van der Waals surface area contributed by atoms with Gasteiger partial charge in [0.15, 0.2) is 0 Å². The van der Waals surface area contributed by atoms with E-state index in [1.807, 2.05) is 30.0 Å². The number of aryl methyl sites for hydroxylation is 1. The fourth-order valence-electron chi connectivity index (χ4n) is 3.55. The first-order valence-corrected chi connectivity index (χ1v) is 8.41. The minimum atomic E-state index is -0.199. The number of carbonyl (C=O) groups excluding carboxylic acids is 2. The van der Waals surface area contributed by atoms with Crippen LogP contribution in [0.25, 0.3) is 0 Å². The van der Waals surface area contributed by atoms with Crippen LogP contribution in [0.4, 0.5) is 0 Å². The Kier molecular flexibility index (Phi) is 4.96. The van der Waals surface area contributed by atoms with Crippen molar-refractivity contribution in [1.82, 2.24) is 10.2 Å². The lowest BCUT2D eigenvalue weighted by molar-refractivity contribution is -0.148. The van der Waals surface area contributed by atoms with Crippen molar-refractivity contribution in [3.63, 3.8) is 0 Å². The lowest BCUT2D eigenvalue weighted by Crippen LogP contribution is -2.56. The fraction of sp³-hybridized carbons (Fsp3) is 0.556. The zero-order chi connectivity index (χ0) is 16.2. The summed E-state index contributed by atoms with van der Waals surface area (Å²) in [4.78, 5) is 26.6. The third-order valence-corrected chi connectivity index (χ3v) is 4.73. The molecule has 1 N–H and O–H groups in total. The molecule has 23 heavy (non-hydrogen) atoms. The van der Waals surface area contributed by atoms with E-state index in [-0.39, 0.29) is 30.5 Å². The third-order valence-electron chi connectivity index (χ3n) is 4.73. The highest BCUT2D eigenvalue weighted by molar-refractivity contribution is 5.96. The lowest BCUT2D eigenvalue weighted by Gasteiger charge is -2.43. The van der Waals surface area contributed by atoms with Gasteiger partial charge in [0, 0.05) is 12.1 Å². The highest BCUT2D eigenvalue weighted by Crippen LogP contribution is 2.28. The number of benzene rings is 1. The zero-order valence-electron chi connectivity index (χ0n) is 13.6. The second-order valence-electron chi connectivity index (χ2n) is 6.40. The molecule has 124 valence electrons. The van der Waals surface area contributed by atoms with Crippen LogP contribution in [0.3, 0.4) is 0 Å². The smallest absolute Gasteiger partial charge is 0.251 e. The summed E-state index contributed by atoms with van der Waals surface area (Å²) in [7, 11) is 0. The number of nitrogens with one attached hydrogen (secondary N) is 1. The molecule has 2 aliphatic rings. The molecule has 0 aromatic heterocycles. The number of rotatable bonds is 3. The average Bonchev–Trinajstić information content (AvgIpc) is 2.59. The molecule has 1 saturated carbocycles. The molecule has 1 aromatic carbocycles. The predicted molar refractivity (Wildman–Crippen MR) is 87.2 cm³/mol. The molecule has 0 radical (unpaired) electrons. The summed E-state index contributed by atoms with van der Waals surface area (Å²) in [5, 5.41) is 2.75. The molecule has 5 heteroatoms. The summed E-state index contributed by atoms with van der Waals surface area (Å²) in [6.07, 6.45) is 4.53. The number of hydrogen-bond donors (Lipinski definition) is 1. The first-order valence-electron chi connectivity index (χ1n) is 8.41. The topological polar surface area (TPSA) is 58.6 Å². The van der Waals surface area contributed by atoms with Crippen molar-refractivity contribution < 1.29 is 14.3 Å². The molecule has 2 atom stereocenters. The van der Waals surface area contributed by atoms with Crippen LogP contribution in [0.5, 0.6) is 0 Å². The second kappa shape index (κ2) is 7.13. The van der Waals surface area contributed by atoms with Crippen molar-refractivity contribution in [2.24, 2.45) is 0 Å². The first-order chi connectivity index (χ1) is 11.1. The molecular weight excluding hydrogens is 292 g/mol. The first kappa shape index (κ1) is 16.0. The quantitative estimate of drug-likeness (QED) is 0.926. The third kappa shape index (κ3) is 3.72. The van der Waals surface area contributed by atoms with Gasteiger partial charge in [-0.25, -0.2) is 0 Å².